The Hall–Kier alpha value is 0.0500. The number of thiocarbonyl (C=S) groups is 1. The van der Waals surface area contributed by atoms with E-state index in [0.717, 1.165) is 6.54 Å². The molecule has 1 aliphatic heterocycles. The van der Waals surface area contributed by atoms with Crippen LogP contribution in [0.4, 0.5) is 0 Å². The van der Waals surface area contributed by atoms with Gasteiger partial charge in [0.15, 0.2) is 0 Å². The molecule has 0 spiro atoms. The summed E-state index contributed by atoms with van der Waals surface area (Å²) in [5.74, 6) is 0. The average Bonchev–Trinajstić information content (AvgIpc) is 2.15. The summed E-state index contributed by atoms with van der Waals surface area (Å²) < 4.78 is 0. The molecule has 0 bridgehead atoms. The van der Waals surface area contributed by atoms with E-state index in [4.69, 9.17) is 12.2 Å². The van der Waals surface area contributed by atoms with Crippen LogP contribution in [0.5, 0.6) is 0 Å². The quantitative estimate of drug-likeness (QED) is 0.582. The summed E-state index contributed by atoms with van der Waals surface area (Å²) in [6, 6.07) is 0. The zero-order valence-corrected chi connectivity index (χ0v) is 7.34. The van der Waals surface area contributed by atoms with Crippen molar-refractivity contribution in [2.75, 3.05) is 13.1 Å². The van der Waals surface area contributed by atoms with Crippen LogP contribution in [-0.2, 0) is 0 Å². The minimum Gasteiger partial charge on any atom is -0.317 e. The molecule has 58 valence electrons. The molecule has 0 saturated carbocycles. The Morgan fingerprint density at radius 2 is 2.20 bits per heavy atom. The summed E-state index contributed by atoms with van der Waals surface area (Å²) in [5.41, 5.74) is 0.332. The number of nitrogens with one attached hydrogen (secondary N) is 1. The topological polar surface area (TPSA) is 12.0 Å². The Labute approximate surface area is 68.2 Å². The Kier molecular flexibility index (Phi) is 2.81. The van der Waals surface area contributed by atoms with Crippen molar-refractivity contribution in [3.8, 4) is 0 Å². The molecule has 1 heterocycles. The summed E-state index contributed by atoms with van der Waals surface area (Å²) >= 11 is 4.99. The van der Waals surface area contributed by atoms with Crippen molar-refractivity contribution in [1.29, 1.82) is 0 Å². The SMILES string of the molecule is CC1(C=S)CCCNCC1. The van der Waals surface area contributed by atoms with E-state index in [2.05, 4.69) is 12.2 Å². The van der Waals surface area contributed by atoms with Crippen molar-refractivity contribution in [3.05, 3.63) is 0 Å². The molecule has 0 aromatic rings. The lowest BCUT2D eigenvalue weighted by molar-refractivity contribution is 0.429. The van der Waals surface area contributed by atoms with Crippen LogP contribution in [0.15, 0.2) is 0 Å². The minimum atomic E-state index is 0.332. The summed E-state index contributed by atoms with van der Waals surface area (Å²) in [7, 11) is 0. The smallest absolute Gasteiger partial charge is 0.00294 e. The van der Waals surface area contributed by atoms with Crippen molar-refractivity contribution in [1.82, 2.24) is 5.32 Å². The van der Waals surface area contributed by atoms with Crippen molar-refractivity contribution in [2.45, 2.75) is 26.2 Å². The number of hydrogen-bond donors (Lipinski definition) is 1. The molecule has 0 aromatic carbocycles. The highest BCUT2D eigenvalue weighted by molar-refractivity contribution is 7.79. The fraction of sp³-hybridized carbons (Fsp3) is 0.875. The highest BCUT2D eigenvalue weighted by atomic mass is 32.1. The molecule has 0 aromatic heterocycles. The van der Waals surface area contributed by atoms with Crippen LogP contribution in [-0.4, -0.2) is 18.5 Å². The van der Waals surface area contributed by atoms with Crippen LogP contribution < -0.4 is 5.32 Å². The van der Waals surface area contributed by atoms with E-state index in [-0.39, 0.29) is 0 Å². The summed E-state index contributed by atoms with van der Waals surface area (Å²) in [6.45, 7) is 4.55. The third-order valence-corrected chi connectivity index (χ3v) is 2.83. The van der Waals surface area contributed by atoms with Gasteiger partial charge in [-0.2, -0.15) is 0 Å². The van der Waals surface area contributed by atoms with Crippen LogP contribution >= 0.6 is 12.2 Å². The average molecular weight is 157 g/mol. The zero-order valence-electron chi connectivity index (χ0n) is 6.52. The maximum absolute atomic E-state index is 4.99. The summed E-state index contributed by atoms with van der Waals surface area (Å²) in [6.07, 6.45) is 3.73. The van der Waals surface area contributed by atoms with Crippen molar-refractivity contribution < 1.29 is 0 Å². The molecular formula is C8H15NS. The maximum Gasteiger partial charge on any atom is -0.00294 e. The summed E-state index contributed by atoms with van der Waals surface area (Å²) in [4.78, 5) is 0. The van der Waals surface area contributed by atoms with Crippen LogP contribution in [0.1, 0.15) is 26.2 Å². The van der Waals surface area contributed by atoms with Gasteiger partial charge < -0.3 is 5.32 Å². The maximum atomic E-state index is 4.99. The van der Waals surface area contributed by atoms with E-state index in [9.17, 15) is 0 Å². The molecule has 1 unspecified atom stereocenters. The predicted octanol–water partition coefficient (Wildman–Crippen LogP) is 1.77. The van der Waals surface area contributed by atoms with Gasteiger partial charge in [-0.1, -0.05) is 19.1 Å². The molecule has 0 radical (unpaired) electrons. The van der Waals surface area contributed by atoms with Crippen molar-refractivity contribution in [2.24, 2.45) is 5.41 Å². The first-order chi connectivity index (χ1) is 4.77. The zero-order chi connectivity index (χ0) is 7.45. The van der Waals surface area contributed by atoms with Gasteiger partial charge in [-0.25, -0.2) is 0 Å². The fourth-order valence-electron chi connectivity index (χ4n) is 1.36. The highest BCUT2D eigenvalue weighted by Gasteiger charge is 2.21. The largest absolute Gasteiger partial charge is 0.317 e. The van der Waals surface area contributed by atoms with Gasteiger partial charge in [0.2, 0.25) is 0 Å². The van der Waals surface area contributed by atoms with Crippen LogP contribution in [0.3, 0.4) is 0 Å². The van der Waals surface area contributed by atoms with Gasteiger partial charge in [-0.05, 0) is 43.1 Å². The highest BCUT2D eigenvalue weighted by Crippen LogP contribution is 2.26. The van der Waals surface area contributed by atoms with Crippen molar-refractivity contribution in [3.63, 3.8) is 0 Å². The van der Waals surface area contributed by atoms with Crippen LogP contribution in [0.2, 0.25) is 0 Å². The Bertz CT molecular complexity index is 114. The second-order valence-electron chi connectivity index (χ2n) is 3.38. The van der Waals surface area contributed by atoms with Crippen LogP contribution in [0.25, 0.3) is 0 Å². The molecule has 1 atom stereocenters. The van der Waals surface area contributed by atoms with Gasteiger partial charge in [0.1, 0.15) is 0 Å². The fourth-order valence-corrected chi connectivity index (χ4v) is 1.59. The first-order valence-corrected chi connectivity index (χ1v) is 4.41. The lowest BCUT2D eigenvalue weighted by atomic mass is 9.85. The van der Waals surface area contributed by atoms with Crippen LogP contribution in [0, 0.1) is 5.41 Å². The van der Waals surface area contributed by atoms with E-state index in [1.54, 1.807) is 0 Å². The van der Waals surface area contributed by atoms with Gasteiger partial charge in [0.25, 0.3) is 0 Å². The molecule has 10 heavy (non-hydrogen) atoms. The van der Waals surface area contributed by atoms with E-state index in [1.165, 1.54) is 25.8 Å². The van der Waals surface area contributed by atoms with E-state index < -0.39 is 0 Å². The third-order valence-electron chi connectivity index (χ3n) is 2.26. The lowest BCUT2D eigenvalue weighted by Gasteiger charge is -2.21. The van der Waals surface area contributed by atoms with E-state index in [0.29, 0.717) is 5.41 Å². The predicted molar refractivity (Wildman–Crippen MR) is 48.5 cm³/mol. The van der Waals surface area contributed by atoms with Gasteiger partial charge in [0.05, 0.1) is 0 Å². The Balaban J connectivity index is 2.48. The monoisotopic (exact) mass is 157 g/mol. The summed E-state index contributed by atoms with van der Waals surface area (Å²) in [5, 5.41) is 5.31. The standard InChI is InChI=1S/C8H15NS/c1-8(7-10)3-2-5-9-6-4-8/h7,9H,2-6H2,1H3. The molecule has 0 aliphatic carbocycles. The molecule has 1 rings (SSSR count). The Morgan fingerprint density at radius 1 is 1.40 bits per heavy atom. The molecule has 1 saturated heterocycles. The first-order valence-electron chi connectivity index (χ1n) is 3.94. The van der Waals surface area contributed by atoms with E-state index in [1.807, 2.05) is 5.37 Å². The molecule has 1 aliphatic rings. The minimum absolute atomic E-state index is 0.332. The van der Waals surface area contributed by atoms with Gasteiger partial charge >= 0.3 is 0 Å². The third kappa shape index (κ3) is 2.03. The Morgan fingerprint density at radius 3 is 2.90 bits per heavy atom. The normalized spacial score (nSPS) is 34.9. The van der Waals surface area contributed by atoms with E-state index >= 15 is 0 Å². The second-order valence-corrected chi connectivity index (χ2v) is 3.61. The second kappa shape index (κ2) is 3.44. The molecule has 2 heteroatoms. The lowest BCUT2D eigenvalue weighted by Crippen LogP contribution is -2.19. The first kappa shape index (κ1) is 8.15. The molecule has 1 N–H and O–H groups in total. The molecular weight excluding hydrogens is 142 g/mol. The molecule has 1 nitrogen and oxygen atoms in total. The number of hydrogen-bond acceptors (Lipinski definition) is 2. The van der Waals surface area contributed by atoms with Gasteiger partial charge in [-0.15, -0.1) is 0 Å². The van der Waals surface area contributed by atoms with Gasteiger partial charge in [-0.3, -0.25) is 0 Å². The number of rotatable bonds is 1. The molecule has 0 amide bonds. The van der Waals surface area contributed by atoms with Gasteiger partial charge in [0, 0.05) is 0 Å². The van der Waals surface area contributed by atoms with Crippen molar-refractivity contribution >= 4 is 17.6 Å². The molecule has 1 fully saturated rings.